The highest BCUT2D eigenvalue weighted by molar-refractivity contribution is 5.66. The second-order valence-electron chi connectivity index (χ2n) is 15.1. The van der Waals surface area contributed by atoms with E-state index in [0.717, 1.165) is 58.0 Å². The lowest BCUT2D eigenvalue weighted by Gasteiger charge is -2.34. The minimum atomic E-state index is -1.07. The first-order valence-corrected chi connectivity index (χ1v) is 22.4. The van der Waals surface area contributed by atoms with Gasteiger partial charge in [-0.25, -0.2) is 0 Å². The fourth-order valence-corrected chi connectivity index (χ4v) is 7.20. The van der Waals surface area contributed by atoms with Gasteiger partial charge >= 0.3 is 0 Å². The fraction of sp³-hybridized carbons (Fsp3) is 0.604. The highest BCUT2D eigenvalue weighted by atomic mass is 16.6. The van der Waals surface area contributed by atoms with Crippen molar-refractivity contribution in [3.8, 4) is 6.07 Å². The zero-order chi connectivity index (χ0) is 46.3. The molecule has 0 aliphatic rings. The molecule has 3 aromatic carbocycles. The number of nitroso groups, excluding NO2 is 2. The molecule has 0 amide bonds. The summed E-state index contributed by atoms with van der Waals surface area (Å²) >= 11 is 0. The summed E-state index contributed by atoms with van der Waals surface area (Å²) in [6.07, 6.45) is 0. The third kappa shape index (κ3) is 18.1. The van der Waals surface area contributed by atoms with Crippen LogP contribution in [-0.4, -0.2) is 159 Å². The normalized spacial score (nSPS) is 11.4. The van der Waals surface area contributed by atoms with Crippen LogP contribution < -0.4 is 14.7 Å². The number of nitriles is 1. The molecular formula is C48H72N6O10. The van der Waals surface area contributed by atoms with Gasteiger partial charge in [0.1, 0.15) is 18.5 Å². The molecule has 0 aromatic heterocycles. The van der Waals surface area contributed by atoms with Crippen molar-refractivity contribution in [2.24, 2.45) is 10.4 Å². The molecular weight excluding hydrogens is 821 g/mol. The van der Waals surface area contributed by atoms with Crippen LogP contribution in [0, 0.1) is 35.0 Å². The van der Waals surface area contributed by atoms with E-state index in [1.807, 2.05) is 14.1 Å². The van der Waals surface area contributed by atoms with Crippen molar-refractivity contribution in [2.45, 2.75) is 33.1 Å². The summed E-state index contributed by atoms with van der Waals surface area (Å²) in [4.78, 5) is 26.8. The van der Waals surface area contributed by atoms with Gasteiger partial charge in [-0.1, -0.05) is 34.6 Å². The maximum Gasteiger partial charge on any atom is 0.133 e. The summed E-state index contributed by atoms with van der Waals surface area (Å²) in [6, 6.07) is 24.0. The lowest BCUT2D eigenvalue weighted by atomic mass is 9.68. The Morgan fingerprint density at radius 1 is 0.500 bits per heavy atom. The molecule has 0 aliphatic heterocycles. The third-order valence-electron chi connectivity index (χ3n) is 10.6. The van der Waals surface area contributed by atoms with Crippen LogP contribution >= 0.6 is 0 Å². The number of rotatable bonds is 38. The topological polar surface area (TPSA) is 166 Å². The Morgan fingerprint density at radius 3 is 1.12 bits per heavy atom. The molecule has 16 heteroatoms. The maximum atomic E-state index is 11.4. The third-order valence-corrected chi connectivity index (χ3v) is 10.6. The number of hydrogen-bond donors (Lipinski definition) is 0. The second-order valence-corrected chi connectivity index (χ2v) is 15.1. The number of ether oxygens (including phenoxy) is 8. The van der Waals surface area contributed by atoms with Crippen LogP contribution in [-0.2, 0) is 43.3 Å². The van der Waals surface area contributed by atoms with Crippen molar-refractivity contribution in [3.63, 3.8) is 0 Å². The van der Waals surface area contributed by atoms with E-state index in [1.54, 1.807) is 0 Å². The van der Waals surface area contributed by atoms with Crippen molar-refractivity contribution in [1.82, 2.24) is 0 Å². The van der Waals surface area contributed by atoms with Crippen LogP contribution in [0.15, 0.2) is 71.0 Å². The summed E-state index contributed by atoms with van der Waals surface area (Å²) in [7, 11) is 4.03. The Balaban J connectivity index is 1.64. The van der Waals surface area contributed by atoms with Crippen molar-refractivity contribution < 1.29 is 37.9 Å². The molecule has 0 aliphatic carbocycles. The Hall–Kier alpha value is -4.57. The Kier molecular flexibility index (Phi) is 27.0. The van der Waals surface area contributed by atoms with Gasteiger partial charge in [0, 0.05) is 57.3 Å². The number of aryl methyl sites for hydroxylation is 2. The summed E-state index contributed by atoms with van der Waals surface area (Å²) in [6.45, 7) is 18.9. The molecule has 0 atom stereocenters. The van der Waals surface area contributed by atoms with Crippen LogP contribution in [0.1, 0.15) is 41.7 Å². The van der Waals surface area contributed by atoms with E-state index >= 15 is 0 Å². The molecule has 0 radical (unpaired) electrons. The Labute approximate surface area is 380 Å². The molecule has 64 heavy (non-hydrogen) atoms. The molecule has 0 heterocycles. The summed E-state index contributed by atoms with van der Waals surface area (Å²) in [5, 5.41) is 16.9. The predicted molar refractivity (Wildman–Crippen MR) is 252 cm³/mol. The molecule has 0 N–H and O–H groups in total. The lowest BCUT2D eigenvalue weighted by Crippen LogP contribution is -2.31. The monoisotopic (exact) mass is 893 g/mol. The first kappa shape index (κ1) is 53.8. The maximum absolute atomic E-state index is 11.4. The first-order chi connectivity index (χ1) is 31.3. The molecule has 3 rings (SSSR count). The average Bonchev–Trinajstić information content (AvgIpc) is 3.30. The standard InChI is InChI=1S/C48H72N6O10/c1-7-53(19-23-59-27-31-63-35-33-61-29-25-57-21-17-50-55)44-13-15-46(40(3)37-44)48(39-49,42-9-11-43(12-10-42)52(5)6)47-16-14-45(38-41(47)4)54(8-2)20-24-60-28-32-64-36-34-62-30-26-58-22-18-51-56/h9-16,37-38H,7-8,17-36H2,1-6H3. The van der Waals surface area contributed by atoms with Crippen molar-refractivity contribution >= 4 is 17.1 Å². The second kappa shape index (κ2) is 32.1. The van der Waals surface area contributed by atoms with E-state index in [1.165, 1.54) is 0 Å². The largest absolute Gasteiger partial charge is 0.378 e. The van der Waals surface area contributed by atoms with E-state index < -0.39 is 5.41 Å². The van der Waals surface area contributed by atoms with Gasteiger partial charge in [-0.15, -0.1) is 0 Å². The number of hydrogen-bond acceptors (Lipinski definition) is 16. The number of nitrogens with zero attached hydrogens (tertiary/aromatic N) is 6. The molecule has 0 bridgehead atoms. The van der Waals surface area contributed by atoms with Gasteiger partial charge in [0.15, 0.2) is 0 Å². The van der Waals surface area contributed by atoms with Crippen molar-refractivity contribution in [3.05, 3.63) is 98.3 Å². The first-order valence-electron chi connectivity index (χ1n) is 22.4. The fourth-order valence-electron chi connectivity index (χ4n) is 7.20. The zero-order valence-corrected chi connectivity index (χ0v) is 39.1. The van der Waals surface area contributed by atoms with Crippen molar-refractivity contribution in [2.75, 3.05) is 174 Å². The van der Waals surface area contributed by atoms with Crippen LogP contribution in [0.5, 0.6) is 0 Å². The van der Waals surface area contributed by atoms with Gasteiger partial charge in [-0.3, -0.25) is 0 Å². The van der Waals surface area contributed by atoms with E-state index in [9.17, 15) is 15.1 Å². The Morgan fingerprint density at radius 2 is 0.828 bits per heavy atom. The van der Waals surface area contributed by atoms with E-state index in [4.69, 9.17) is 37.9 Å². The zero-order valence-electron chi connectivity index (χ0n) is 39.1. The van der Waals surface area contributed by atoms with Crippen LogP contribution in [0.25, 0.3) is 0 Å². The van der Waals surface area contributed by atoms with E-state index in [-0.39, 0.29) is 13.1 Å². The Bertz CT molecular complexity index is 1680. The summed E-state index contributed by atoms with van der Waals surface area (Å²) < 4.78 is 44.5. The minimum absolute atomic E-state index is 0.149. The van der Waals surface area contributed by atoms with Gasteiger partial charge in [0.2, 0.25) is 0 Å². The lowest BCUT2D eigenvalue weighted by molar-refractivity contribution is -0.000236. The van der Waals surface area contributed by atoms with Gasteiger partial charge in [-0.2, -0.15) is 15.1 Å². The molecule has 16 nitrogen and oxygen atoms in total. The summed E-state index contributed by atoms with van der Waals surface area (Å²) in [5.41, 5.74) is 6.97. The predicted octanol–water partition coefficient (Wildman–Crippen LogP) is 6.55. The minimum Gasteiger partial charge on any atom is -0.378 e. The molecule has 0 fully saturated rings. The van der Waals surface area contributed by atoms with Crippen LogP contribution in [0.4, 0.5) is 17.1 Å². The van der Waals surface area contributed by atoms with Gasteiger partial charge in [0.25, 0.3) is 0 Å². The molecule has 0 saturated heterocycles. The number of likely N-dealkylation sites (N-methyl/N-ethyl adjacent to an activating group) is 2. The van der Waals surface area contributed by atoms with Crippen molar-refractivity contribution in [1.29, 1.82) is 5.26 Å². The van der Waals surface area contributed by atoms with E-state index in [0.29, 0.717) is 119 Å². The molecule has 0 saturated carbocycles. The van der Waals surface area contributed by atoms with Crippen LogP contribution in [0.3, 0.4) is 0 Å². The van der Waals surface area contributed by atoms with Crippen LogP contribution in [0.2, 0.25) is 0 Å². The molecule has 0 unspecified atom stereocenters. The number of anilines is 3. The number of benzene rings is 3. The van der Waals surface area contributed by atoms with Gasteiger partial charge in [0.05, 0.1) is 112 Å². The van der Waals surface area contributed by atoms with Gasteiger partial charge in [-0.05, 0) is 91.9 Å². The highest BCUT2D eigenvalue weighted by Crippen LogP contribution is 2.43. The highest BCUT2D eigenvalue weighted by Gasteiger charge is 2.39. The van der Waals surface area contributed by atoms with Gasteiger partial charge < -0.3 is 52.6 Å². The molecule has 0 spiro atoms. The quantitative estimate of drug-likeness (QED) is 0.0346. The average molecular weight is 893 g/mol. The van der Waals surface area contributed by atoms with E-state index in [2.05, 4.69) is 119 Å². The molecule has 3 aromatic rings. The smallest absolute Gasteiger partial charge is 0.133 e. The molecule has 354 valence electrons. The SMILES string of the molecule is CCN(CCOCCOCCOCCOCCN=O)c1ccc(C(C#N)(c2ccc(N(C)C)cc2)c2ccc(N(CC)CCOCCOCCOCCOCCN=O)cc2C)c(C)c1. The summed E-state index contributed by atoms with van der Waals surface area (Å²) in [5.74, 6) is 0.